The first-order valence-corrected chi connectivity index (χ1v) is 40.9. The zero-order valence-corrected chi connectivity index (χ0v) is 68.3. The second-order valence-electron chi connectivity index (χ2n) is 32.6. The van der Waals surface area contributed by atoms with Crippen LogP contribution in [0.2, 0.25) is 0 Å². The van der Waals surface area contributed by atoms with Crippen LogP contribution in [0.1, 0.15) is 177 Å². The van der Waals surface area contributed by atoms with Crippen molar-refractivity contribution in [1.82, 2.24) is 39.5 Å². The standard InChI is InChI=1S/C25H22FN3O3.C22H18FN3O4.C22H20FN3O2.C15H14N2O3.C6H5FN2O2.C3H3ClO/c1-2-23(31)28-19-10-15(4-7-18(19)26)11-22(30)17-6-5-16-12-21-24(32)27-14-25(8-3-9-25)29(21)20(16)13-17;23-16-5-2-13(8-18(16)26(29)30)9-20(27)15-4-3-14-10-19-21(28)24-12-22(6-1-7-22)25(19)17(14)11-15;23-16-5-2-13(8-17(16)24)9-20(27)15-4-3-14-10-19-21(28)25-12-22(6-1-7-22)26(19)18(14)11-15;18-13-12-6-9-2-3-10(14(19)20)7-11(9)17(12)15(8-16-13)4-1-5-15;7-5-2-1-4(8)3-6(5)9(10)11;1-2-3(4)5/h2,4-7,10,12-13H,1,3,8-9,11,14H2,(H,27,32)(H,28,31);2-5,8,10-11H,1,6-7,9,12H2,(H,24,28);2-5,8,10-11H,1,6-7,9,12,24H2,(H,25,28);2-3,6-7H,1,4-5,8H2,(H,16,18)(H,19,20);1-3H,8H2;2H,1H2. The second-order valence-corrected chi connectivity index (χ2v) is 33.0. The largest absolute Gasteiger partial charge is 0.478 e. The van der Waals surface area contributed by atoms with Crippen LogP contribution in [0.15, 0.2) is 195 Å². The van der Waals surface area contributed by atoms with Crippen LogP contribution in [-0.4, -0.2) is 117 Å². The maximum atomic E-state index is 14.0. The van der Waals surface area contributed by atoms with Crippen molar-refractivity contribution in [2.45, 2.75) is 118 Å². The number of aromatic nitrogens is 4. The number of benzene rings is 8. The Morgan fingerprint density at radius 3 is 1.05 bits per heavy atom. The Bertz CT molecular complexity index is 6650. The first-order valence-electron chi connectivity index (χ1n) is 40.5. The Balaban J connectivity index is 0.000000123. The van der Waals surface area contributed by atoms with Crippen LogP contribution >= 0.6 is 11.6 Å². The van der Waals surface area contributed by atoms with Crippen LogP contribution in [0.4, 0.5) is 46.0 Å². The predicted octanol–water partition coefficient (Wildman–Crippen LogP) is 15.3. The maximum Gasteiger partial charge on any atom is 0.335 e. The predicted molar refractivity (Wildman–Crippen MR) is 463 cm³/mol. The van der Waals surface area contributed by atoms with Crippen molar-refractivity contribution in [2.24, 2.45) is 0 Å². The van der Waals surface area contributed by atoms with Crippen LogP contribution in [0.3, 0.4) is 0 Å². The van der Waals surface area contributed by atoms with Gasteiger partial charge in [-0.2, -0.15) is 8.78 Å². The number of nitrogens with one attached hydrogen (secondary N) is 5. The third-order valence-electron chi connectivity index (χ3n) is 24.9. The summed E-state index contributed by atoms with van der Waals surface area (Å²) in [7, 11) is 0. The van der Waals surface area contributed by atoms with E-state index in [0.29, 0.717) is 82.3 Å². The SMILES string of the molecule is C=CC(=O)Cl.C=CC(=O)Nc1cc(CC(=O)c2ccc3cc4n(c3c2)C2(CCC2)CNC4=O)ccc1F.Nc1cc(CC(=O)c2ccc3cc4n(c3c2)C2(CCC2)CNC4=O)ccc1F.Nc1ccc(F)c([N+](=O)[O-])c1.O=C(Cc1ccc(F)c([N+](=O)[O-])c1)c1ccc2cc3n(c2c1)C1(CCC1)CNC3=O.O=C(O)c1ccc2cc3n(c2c1)C1(CCC1)CNC3=O. The summed E-state index contributed by atoms with van der Waals surface area (Å²) in [6.45, 7) is 8.90. The van der Waals surface area contributed by atoms with E-state index >= 15 is 0 Å². The van der Waals surface area contributed by atoms with Crippen molar-refractivity contribution in [1.29, 1.82) is 0 Å². The average Bonchev–Trinajstić information content (AvgIpc) is 1.57. The first-order chi connectivity index (χ1) is 60.2. The van der Waals surface area contributed by atoms with Crippen LogP contribution in [0, 0.1) is 43.5 Å². The molecule has 8 aromatic carbocycles. The van der Waals surface area contributed by atoms with Crippen LogP contribution in [0.5, 0.6) is 0 Å². The van der Waals surface area contributed by atoms with E-state index in [-0.39, 0.29) is 105 Å². The summed E-state index contributed by atoms with van der Waals surface area (Å²) >= 11 is 4.71. The smallest absolute Gasteiger partial charge is 0.335 e. The number of hydrogen-bond donors (Lipinski definition) is 8. The lowest BCUT2D eigenvalue weighted by Crippen LogP contribution is -2.55. The van der Waals surface area contributed by atoms with Gasteiger partial charge in [-0.05, 0) is 215 Å². The molecule has 10 N–H and O–H groups in total. The van der Waals surface area contributed by atoms with Gasteiger partial charge in [-0.25, -0.2) is 13.6 Å². The highest BCUT2D eigenvalue weighted by Crippen LogP contribution is 2.49. The molecule has 33 heteroatoms. The number of hydrogen-bond acceptors (Lipinski definition) is 16. The van der Waals surface area contributed by atoms with E-state index in [2.05, 4.69) is 58.0 Å². The number of allylic oxidation sites excluding steroid dienone is 1. The molecule has 4 aliphatic heterocycles. The van der Waals surface area contributed by atoms with E-state index < -0.39 is 61.6 Å². The summed E-state index contributed by atoms with van der Waals surface area (Å²) < 4.78 is 61.8. The molecule has 0 bridgehead atoms. The molecule has 644 valence electrons. The Morgan fingerprint density at radius 2 is 0.738 bits per heavy atom. The minimum Gasteiger partial charge on any atom is -0.478 e. The number of amides is 5. The summed E-state index contributed by atoms with van der Waals surface area (Å²) in [5, 5.41) is 47.7. The highest BCUT2D eigenvalue weighted by molar-refractivity contribution is 6.66. The monoisotopic (exact) mass is 1730 g/mol. The number of ketones is 3. The molecule has 12 aromatic rings. The van der Waals surface area contributed by atoms with Gasteiger partial charge in [0.25, 0.3) is 23.6 Å². The number of carbonyl (C=O) groups is 10. The van der Waals surface area contributed by atoms with Crippen LogP contribution < -0.4 is 38.1 Å². The number of Topliss-reactive ketones (excluding diaryl/α,β-unsaturated/α-hetero) is 3. The number of halogens is 5. The van der Waals surface area contributed by atoms with Crippen molar-refractivity contribution in [3.05, 3.63) is 300 Å². The van der Waals surface area contributed by atoms with Gasteiger partial charge in [-0.1, -0.05) is 73.8 Å². The number of fused-ring (bicyclic) bond motifs is 16. The van der Waals surface area contributed by atoms with Gasteiger partial charge in [0.05, 0.1) is 54.5 Å². The summed E-state index contributed by atoms with van der Waals surface area (Å²) in [6.07, 6.45) is 14.8. The molecule has 4 aromatic heterocycles. The number of nitrogens with zero attached hydrogens (tertiary/aromatic N) is 6. The molecule has 8 aliphatic rings. The fraction of sp³-hybridized carbons (Fsp3) is 0.247. The van der Waals surface area contributed by atoms with Gasteiger partial charge in [0, 0.05) is 118 Å². The Morgan fingerprint density at radius 1 is 0.429 bits per heavy atom. The van der Waals surface area contributed by atoms with Gasteiger partial charge in [0.2, 0.25) is 22.8 Å². The summed E-state index contributed by atoms with van der Waals surface area (Å²) in [5.74, 6) is -5.09. The van der Waals surface area contributed by atoms with E-state index in [1.165, 1.54) is 42.5 Å². The number of nitrogens with two attached hydrogens (primary N) is 2. The number of carbonyl (C=O) groups excluding carboxylic acids is 9. The van der Waals surface area contributed by atoms with Gasteiger partial charge < -0.3 is 61.4 Å². The lowest BCUT2D eigenvalue weighted by atomic mass is 9.75. The van der Waals surface area contributed by atoms with Crippen molar-refractivity contribution in [3.8, 4) is 0 Å². The third kappa shape index (κ3) is 16.7. The lowest BCUT2D eigenvalue weighted by Gasteiger charge is -2.47. The summed E-state index contributed by atoms with van der Waals surface area (Å²) in [4.78, 5) is 140. The summed E-state index contributed by atoms with van der Waals surface area (Å²) in [6, 6.07) is 44.2. The molecule has 0 atom stereocenters. The van der Waals surface area contributed by atoms with E-state index in [1.54, 1.807) is 48.5 Å². The fourth-order valence-electron chi connectivity index (χ4n) is 17.8. The number of anilines is 3. The van der Waals surface area contributed by atoms with Crippen molar-refractivity contribution < 1.29 is 80.5 Å². The van der Waals surface area contributed by atoms with Gasteiger partial charge in [0.1, 0.15) is 34.4 Å². The highest BCUT2D eigenvalue weighted by Gasteiger charge is 2.49. The van der Waals surface area contributed by atoms with Crippen molar-refractivity contribution in [3.63, 3.8) is 0 Å². The van der Waals surface area contributed by atoms with E-state index in [4.69, 9.17) is 28.2 Å². The van der Waals surface area contributed by atoms with Crippen molar-refractivity contribution in [2.75, 3.05) is 43.0 Å². The topological polar surface area (TPSA) is 409 Å². The molecular weight excluding hydrogens is 1650 g/mol. The minimum absolute atomic E-state index is 0.00856. The molecule has 4 spiro atoms. The van der Waals surface area contributed by atoms with E-state index in [9.17, 15) is 85.7 Å². The molecule has 28 nitrogen and oxygen atoms in total. The van der Waals surface area contributed by atoms with Crippen molar-refractivity contribution >= 4 is 142 Å². The average molecular weight is 1730 g/mol. The molecule has 126 heavy (non-hydrogen) atoms. The first kappa shape index (κ1) is 86.3. The fourth-order valence-corrected chi connectivity index (χ4v) is 17.8. The normalized spacial score (nSPS) is 16.1. The second kappa shape index (κ2) is 34.6. The quantitative estimate of drug-likeness (QED) is 0.00899. The maximum absolute atomic E-state index is 14.0. The number of carboxylic acid groups (broad SMARTS) is 1. The lowest BCUT2D eigenvalue weighted by molar-refractivity contribution is -0.387. The molecule has 0 radical (unpaired) electrons. The van der Waals surface area contributed by atoms with Gasteiger partial charge >= 0.3 is 17.3 Å². The minimum atomic E-state index is -0.939. The van der Waals surface area contributed by atoms with Gasteiger partial charge in [-0.3, -0.25) is 63.4 Å². The van der Waals surface area contributed by atoms with Crippen LogP contribution in [0.25, 0.3) is 43.6 Å². The number of nitro groups is 2. The number of aromatic carboxylic acids is 1. The number of nitrogen functional groups attached to an aromatic ring is 2. The molecule has 5 amide bonds. The number of rotatable bonds is 15. The highest BCUT2D eigenvalue weighted by atomic mass is 35.5. The molecule has 20 rings (SSSR count). The number of nitro benzene ring substituents is 2. The van der Waals surface area contributed by atoms with Crippen LogP contribution in [-0.2, 0) is 51.0 Å². The molecule has 4 saturated carbocycles. The molecule has 0 saturated heterocycles. The van der Waals surface area contributed by atoms with E-state index in [0.717, 1.165) is 157 Å². The zero-order chi connectivity index (χ0) is 89.6. The molecular formula is C93H82ClF4N13O15. The van der Waals surface area contributed by atoms with Gasteiger partial charge in [-0.15, -0.1) is 0 Å². The Labute approximate surface area is 719 Å². The molecule has 8 heterocycles. The van der Waals surface area contributed by atoms with E-state index in [1.807, 2.05) is 54.6 Å². The zero-order valence-electron chi connectivity index (χ0n) is 67.6. The Kier molecular flexibility index (Phi) is 23.7. The number of carboxylic acids is 1. The molecule has 0 unspecified atom stereocenters. The van der Waals surface area contributed by atoms with Gasteiger partial charge in [0.15, 0.2) is 17.3 Å². The third-order valence-corrected chi connectivity index (χ3v) is 25.0. The summed E-state index contributed by atoms with van der Waals surface area (Å²) in [5.41, 5.74) is 19.0. The molecule has 4 aliphatic carbocycles. The Hall–Kier alpha value is -14.7. The molecule has 4 fully saturated rings.